The average Bonchev–Trinajstić information content (AvgIpc) is 2.81. The number of ether oxygens (including phenoxy) is 2. The van der Waals surface area contributed by atoms with Gasteiger partial charge in [-0.15, -0.1) is 0 Å². The number of methoxy groups -OCH3 is 2. The Balaban J connectivity index is 1.68. The van der Waals surface area contributed by atoms with E-state index in [-0.39, 0.29) is 11.9 Å². The van der Waals surface area contributed by atoms with Crippen LogP contribution in [-0.2, 0) is 9.47 Å². The lowest BCUT2D eigenvalue weighted by atomic mass is 10.1. The van der Waals surface area contributed by atoms with Crippen molar-refractivity contribution in [1.29, 1.82) is 0 Å². The zero-order chi connectivity index (χ0) is 21.3. The van der Waals surface area contributed by atoms with Crippen molar-refractivity contribution in [2.45, 2.75) is 0 Å². The summed E-state index contributed by atoms with van der Waals surface area (Å²) in [5, 5.41) is 0. The molecule has 0 aliphatic rings. The van der Waals surface area contributed by atoms with Crippen molar-refractivity contribution in [3.8, 4) is 0 Å². The Morgan fingerprint density at radius 1 is 0.567 bits per heavy atom. The molecule has 0 radical (unpaired) electrons. The van der Waals surface area contributed by atoms with E-state index >= 15 is 0 Å². The molecule has 3 rings (SSSR count). The van der Waals surface area contributed by atoms with Crippen LogP contribution >= 0.6 is 0 Å². The lowest BCUT2D eigenvalue weighted by Gasteiger charge is -2.01. The minimum atomic E-state index is -0.349. The second kappa shape index (κ2) is 10.0. The molecule has 0 spiro atoms. The highest BCUT2D eigenvalue weighted by atomic mass is 16.5. The molecule has 0 heterocycles. The Labute approximate surface area is 176 Å². The maximum atomic E-state index is 11.6. The zero-order valence-electron chi connectivity index (χ0n) is 16.9. The van der Waals surface area contributed by atoms with Gasteiger partial charge in [0.1, 0.15) is 0 Å². The third kappa shape index (κ3) is 5.55. The van der Waals surface area contributed by atoms with Crippen LogP contribution in [0.5, 0.6) is 0 Å². The van der Waals surface area contributed by atoms with Gasteiger partial charge in [-0.2, -0.15) is 0 Å². The number of esters is 2. The van der Waals surface area contributed by atoms with E-state index in [1.54, 1.807) is 24.3 Å². The quantitative estimate of drug-likeness (QED) is 0.401. The second-order valence-electron chi connectivity index (χ2n) is 6.57. The Morgan fingerprint density at radius 2 is 0.933 bits per heavy atom. The molecule has 0 N–H and O–H groups in total. The summed E-state index contributed by atoms with van der Waals surface area (Å²) in [5.74, 6) is -0.697. The summed E-state index contributed by atoms with van der Waals surface area (Å²) < 4.78 is 9.51. The van der Waals surface area contributed by atoms with E-state index in [2.05, 4.69) is 0 Å². The molecule has 0 aliphatic heterocycles. The normalized spacial score (nSPS) is 11.0. The topological polar surface area (TPSA) is 52.6 Å². The highest BCUT2D eigenvalue weighted by Gasteiger charge is 2.05. The molecule has 0 atom stereocenters. The van der Waals surface area contributed by atoms with Gasteiger partial charge in [0.2, 0.25) is 0 Å². The number of hydrogen-bond donors (Lipinski definition) is 0. The van der Waals surface area contributed by atoms with Gasteiger partial charge < -0.3 is 9.47 Å². The van der Waals surface area contributed by atoms with Crippen molar-refractivity contribution in [1.82, 2.24) is 0 Å². The largest absolute Gasteiger partial charge is 0.465 e. The Bertz CT molecular complexity index is 1000. The van der Waals surface area contributed by atoms with Crippen molar-refractivity contribution >= 4 is 36.2 Å². The molecule has 0 saturated heterocycles. The van der Waals surface area contributed by atoms with Crippen molar-refractivity contribution in [3.05, 3.63) is 106 Å². The van der Waals surface area contributed by atoms with Crippen LogP contribution in [0.3, 0.4) is 0 Å². The molecule has 0 amide bonds. The molecule has 0 fully saturated rings. The van der Waals surface area contributed by atoms with Gasteiger partial charge in [0.05, 0.1) is 25.3 Å². The van der Waals surface area contributed by atoms with Gasteiger partial charge in [0.15, 0.2) is 0 Å². The summed E-state index contributed by atoms with van der Waals surface area (Å²) in [4.78, 5) is 23.3. The zero-order valence-corrected chi connectivity index (χ0v) is 16.9. The van der Waals surface area contributed by atoms with Crippen LogP contribution < -0.4 is 0 Å². The predicted molar refractivity (Wildman–Crippen MR) is 120 cm³/mol. The molecule has 0 saturated carbocycles. The summed E-state index contributed by atoms with van der Waals surface area (Å²) in [5.41, 5.74) is 4.99. The maximum Gasteiger partial charge on any atom is 0.337 e. The van der Waals surface area contributed by atoms with Crippen LogP contribution in [0, 0.1) is 0 Å². The first-order valence-electron chi connectivity index (χ1n) is 9.42. The average molecular weight is 398 g/mol. The smallest absolute Gasteiger partial charge is 0.337 e. The van der Waals surface area contributed by atoms with Crippen molar-refractivity contribution < 1.29 is 19.1 Å². The minimum Gasteiger partial charge on any atom is -0.465 e. The van der Waals surface area contributed by atoms with Crippen LogP contribution in [0.2, 0.25) is 0 Å². The highest BCUT2D eigenvalue weighted by Crippen LogP contribution is 2.15. The molecule has 0 aromatic heterocycles. The van der Waals surface area contributed by atoms with Crippen LogP contribution in [0.25, 0.3) is 24.3 Å². The number of rotatable bonds is 6. The first kappa shape index (κ1) is 20.8. The van der Waals surface area contributed by atoms with Crippen LogP contribution in [0.1, 0.15) is 43.0 Å². The SMILES string of the molecule is COC(=O)c1cccc(C=Cc2ccc(C=Cc3cccc(C(=O)OC)c3)cc2)c1. The lowest BCUT2D eigenvalue weighted by Crippen LogP contribution is -2.00. The minimum absolute atomic E-state index is 0.349. The molecule has 0 bridgehead atoms. The van der Waals surface area contributed by atoms with Gasteiger partial charge in [-0.05, 0) is 46.5 Å². The van der Waals surface area contributed by atoms with E-state index in [9.17, 15) is 9.59 Å². The van der Waals surface area contributed by atoms with Crippen molar-refractivity contribution in [2.24, 2.45) is 0 Å². The molecule has 3 aromatic carbocycles. The second-order valence-corrected chi connectivity index (χ2v) is 6.57. The Morgan fingerprint density at radius 3 is 1.30 bits per heavy atom. The first-order valence-corrected chi connectivity index (χ1v) is 9.42. The van der Waals surface area contributed by atoms with Crippen LogP contribution in [0.15, 0.2) is 72.8 Å². The van der Waals surface area contributed by atoms with E-state index in [4.69, 9.17) is 9.47 Å². The van der Waals surface area contributed by atoms with Gasteiger partial charge in [-0.25, -0.2) is 9.59 Å². The van der Waals surface area contributed by atoms with Gasteiger partial charge >= 0.3 is 11.9 Å². The van der Waals surface area contributed by atoms with Gasteiger partial charge in [-0.3, -0.25) is 0 Å². The van der Waals surface area contributed by atoms with Crippen LogP contribution in [0.4, 0.5) is 0 Å². The molecular formula is C26H22O4. The van der Waals surface area contributed by atoms with E-state index in [0.717, 1.165) is 22.3 Å². The summed E-state index contributed by atoms with van der Waals surface area (Å²) in [6.45, 7) is 0. The summed E-state index contributed by atoms with van der Waals surface area (Å²) >= 11 is 0. The number of hydrogen-bond acceptors (Lipinski definition) is 4. The molecular weight excluding hydrogens is 376 g/mol. The molecule has 4 nitrogen and oxygen atoms in total. The van der Waals surface area contributed by atoms with E-state index < -0.39 is 0 Å². The molecule has 3 aromatic rings. The number of carbonyl (C=O) groups is 2. The third-order valence-corrected chi connectivity index (χ3v) is 4.49. The highest BCUT2D eigenvalue weighted by molar-refractivity contribution is 5.91. The standard InChI is InChI=1S/C26H22O4/c1-29-25(27)23-7-3-5-21(17-23)15-13-19-9-11-20(12-10-19)14-16-22-6-4-8-24(18-22)26(28)30-2/h3-18H,1-2H3. The third-order valence-electron chi connectivity index (χ3n) is 4.49. The van der Waals surface area contributed by atoms with Crippen LogP contribution in [-0.4, -0.2) is 26.2 Å². The van der Waals surface area contributed by atoms with E-state index in [1.807, 2.05) is 72.8 Å². The molecule has 0 unspecified atom stereocenters. The Hall–Kier alpha value is -3.92. The van der Waals surface area contributed by atoms with E-state index in [0.29, 0.717) is 11.1 Å². The molecule has 0 aliphatic carbocycles. The Kier molecular flexibility index (Phi) is 6.95. The van der Waals surface area contributed by atoms with Gasteiger partial charge in [0, 0.05) is 0 Å². The summed E-state index contributed by atoms with van der Waals surface area (Å²) in [7, 11) is 2.74. The van der Waals surface area contributed by atoms with Crippen molar-refractivity contribution in [2.75, 3.05) is 14.2 Å². The predicted octanol–water partition coefficient (Wildman–Crippen LogP) is 5.60. The molecule has 4 heteroatoms. The fraction of sp³-hybridized carbons (Fsp3) is 0.0769. The van der Waals surface area contributed by atoms with Gasteiger partial charge in [0.25, 0.3) is 0 Å². The van der Waals surface area contributed by atoms with Gasteiger partial charge in [-0.1, -0.05) is 72.8 Å². The fourth-order valence-corrected chi connectivity index (χ4v) is 2.88. The number of benzene rings is 3. The van der Waals surface area contributed by atoms with E-state index in [1.165, 1.54) is 14.2 Å². The summed E-state index contributed by atoms with van der Waals surface area (Å²) in [6.07, 6.45) is 7.89. The monoisotopic (exact) mass is 398 g/mol. The molecule has 30 heavy (non-hydrogen) atoms. The summed E-state index contributed by atoms with van der Waals surface area (Å²) in [6, 6.07) is 22.6. The molecule has 150 valence electrons. The fourth-order valence-electron chi connectivity index (χ4n) is 2.88. The number of carbonyl (C=O) groups excluding carboxylic acids is 2. The van der Waals surface area contributed by atoms with Crippen molar-refractivity contribution in [3.63, 3.8) is 0 Å². The maximum absolute atomic E-state index is 11.6. The first-order chi connectivity index (χ1) is 14.6. The lowest BCUT2D eigenvalue weighted by molar-refractivity contribution is 0.0592.